The Morgan fingerprint density at radius 3 is 2.77 bits per heavy atom. The Morgan fingerprint density at radius 1 is 1.31 bits per heavy atom. The molecule has 1 aromatic carbocycles. The van der Waals surface area contributed by atoms with Crippen molar-refractivity contribution >= 4 is 23.7 Å². The summed E-state index contributed by atoms with van der Waals surface area (Å²) in [5.74, 6) is 3.54. The molecule has 4 rings (SSSR count). The molecule has 39 heavy (non-hydrogen) atoms. The second kappa shape index (κ2) is 11.9. The fraction of sp³-hybridized carbons (Fsp3) is 0.333. The highest BCUT2D eigenvalue weighted by Gasteiger charge is 2.40. The average Bonchev–Trinajstić information content (AvgIpc) is 3.57. The summed E-state index contributed by atoms with van der Waals surface area (Å²) in [4.78, 5) is 31.6. The van der Waals surface area contributed by atoms with Crippen molar-refractivity contribution in [1.29, 1.82) is 5.41 Å². The zero-order chi connectivity index (χ0) is 28.1. The summed E-state index contributed by atoms with van der Waals surface area (Å²) in [5, 5.41) is 17.6. The molecule has 1 unspecified atom stereocenters. The Balaban J connectivity index is 1.67. The minimum Gasteiger partial charge on any atom is -0.356 e. The van der Waals surface area contributed by atoms with Crippen LogP contribution in [0.2, 0.25) is 0 Å². The summed E-state index contributed by atoms with van der Waals surface area (Å²) < 4.78 is 34.6. The molecule has 0 radical (unpaired) electrons. The number of halogens is 2. The molecule has 0 spiro atoms. The average molecular weight is 538 g/mol. The SMILES string of the molecule is CC(C)c1ccc(C(NC(=O)[C@@H]2C[C@@H](F)CN2C(=O)CC(=N)/C=N\N)c2cccc(-c3ccno3)c2)nc1F. The van der Waals surface area contributed by atoms with Gasteiger partial charge < -0.3 is 26.0 Å². The third-order valence-electron chi connectivity index (χ3n) is 6.49. The standard InChI is InChI=1S/C27H29F2N7O3/c1-15(2)20-6-7-21(34-26(20)29)25(17-5-3-4-16(10-17)23-8-9-33-39-23)35-27(38)22-11-18(28)14-36(22)24(37)12-19(30)13-32-31/h3-10,13,15,18,22,25,30H,11-12,14,31H2,1-2H3,(H,35,38)/b30-19?,32-13-/t18-,22+,25?/m1/s1. The van der Waals surface area contributed by atoms with Crippen LogP contribution in [0, 0.1) is 11.4 Å². The minimum atomic E-state index is -1.42. The van der Waals surface area contributed by atoms with Crippen molar-refractivity contribution in [2.24, 2.45) is 10.9 Å². The van der Waals surface area contributed by atoms with E-state index in [9.17, 15) is 18.4 Å². The van der Waals surface area contributed by atoms with E-state index in [0.717, 1.165) is 11.1 Å². The van der Waals surface area contributed by atoms with Crippen LogP contribution >= 0.6 is 0 Å². The monoisotopic (exact) mass is 537 g/mol. The number of hydrogen-bond acceptors (Lipinski definition) is 8. The van der Waals surface area contributed by atoms with Crippen LogP contribution < -0.4 is 11.2 Å². The van der Waals surface area contributed by atoms with E-state index in [1.165, 1.54) is 6.20 Å². The van der Waals surface area contributed by atoms with E-state index in [-0.39, 0.29) is 36.7 Å². The Labute approximate surface area is 223 Å². The van der Waals surface area contributed by atoms with Gasteiger partial charge in [-0.2, -0.15) is 9.49 Å². The first-order valence-electron chi connectivity index (χ1n) is 12.4. The molecular weight excluding hydrogens is 508 g/mol. The molecule has 3 heterocycles. The van der Waals surface area contributed by atoms with Gasteiger partial charge in [-0.3, -0.25) is 9.59 Å². The van der Waals surface area contributed by atoms with Crippen molar-refractivity contribution in [1.82, 2.24) is 20.4 Å². The molecule has 0 bridgehead atoms. The number of hydrogen-bond donors (Lipinski definition) is 3. The summed E-state index contributed by atoms with van der Waals surface area (Å²) in [5.41, 5.74) is 1.72. The van der Waals surface area contributed by atoms with Gasteiger partial charge in [0.2, 0.25) is 17.8 Å². The fourth-order valence-corrected chi connectivity index (χ4v) is 4.56. The van der Waals surface area contributed by atoms with Crippen molar-refractivity contribution in [3.63, 3.8) is 0 Å². The Bertz CT molecular complexity index is 1380. The first-order valence-corrected chi connectivity index (χ1v) is 12.4. The molecule has 10 nitrogen and oxygen atoms in total. The minimum absolute atomic E-state index is 0.100. The van der Waals surface area contributed by atoms with Crippen molar-refractivity contribution in [2.75, 3.05) is 6.54 Å². The molecule has 0 aliphatic carbocycles. The molecule has 3 atom stereocenters. The number of aromatic nitrogens is 2. The lowest BCUT2D eigenvalue weighted by Gasteiger charge is -2.27. The van der Waals surface area contributed by atoms with Crippen LogP contribution in [-0.4, -0.2) is 57.5 Å². The highest BCUT2D eigenvalue weighted by Crippen LogP contribution is 2.29. The third kappa shape index (κ3) is 6.33. The zero-order valence-corrected chi connectivity index (χ0v) is 21.5. The fourth-order valence-electron chi connectivity index (χ4n) is 4.56. The molecule has 1 aliphatic rings. The van der Waals surface area contributed by atoms with Crippen LogP contribution in [0.15, 0.2) is 58.3 Å². The van der Waals surface area contributed by atoms with Gasteiger partial charge in [-0.05, 0) is 23.6 Å². The first kappa shape index (κ1) is 27.6. The maximum Gasteiger partial charge on any atom is 0.243 e. The van der Waals surface area contributed by atoms with Crippen LogP contribution in [0.4, 0.5) is 8.78 Å². The van der Waals surface area contributed by atoms with Crippen molar-refractivity contribution in [3.8, 4) is 11.3 Å². The summed E-state index contributed by atoms with van der Waals surface area (Å²) in [7, 11) is 0. The van der Waals surface area contributed by atoms with Gasteiger partial charge in [0.25, 0.3) is 0 Å². The number of likely N-dealkylation sites (tertiary alicyclic amines) is 1. The lowest BCUT2D eigenvalue weighted by molar-refractivity contribution is -0.137. The van der Waals surface area contributed by atoms with E-state index in [1.54, 1.807) is 42.5 Å². The van der Waals surface area contributed by atoms with Crippen LogP contribution in [0.25, 0.3) is 11.3 Å². The van der Waals surface area contributed by atoms with E-state index in [0.29, 0.717) is 22.5 Å². The van der Waals surface area contributed by atoms with Crippen LogP contribution in [0.1, 0.15) is 55.5 Å². The number of nitrogens with one attached hydrogen (secondary N) is 2. The van der Waals surface area contributed by atoms with Crippen molar-refractivity contribution < 1.29 is 22.9 Å². The van der Waals surface area contributed by atoms with Gasteiger partial charge in [0.15, 0.2) is 5.76 Å². The summed E-state index contributed by atoms with van der Waals surface area (Å²) in [6.45, 7) is 3.40. The molecule has 12 heteroatoms. The quantitative estimate of drug-likeness (QED) is 0.165. The van der Waals surface area contributed by atoms with Crippen molar-refractivity contribution in [2.45, 2.75) is 50.9 Å². The van der Waals surface area contributed by atoms with Gasteiger partial charge in [0.1, 0.15) is 12.2 Å². The van der Waals surface area contributed by atoms with Gasteiger partial charge in [-0.25, -0.2) is 9.37 Å². The molecule has 4 N–H and O–H groups in total. The van der Waals surface area contributed by atoms with E-state index in [2.05, 4.69) is 20.6 Å². The molecule has 204 valence electrons. The molecule has 2 amide bonds. The number of nitrogens with zero attached hydrogens (tertiary/aromatic N) is 4. The smallest absolute Gasteiger partial charge is 0.243 e. The largest absolute Gasteiger partial charge is 0.356 e. The second-order valence-corrected chi connectivity index (χ2v) is 9.59. The zero-order valence-electron chi connectivity index (χ0n) is 21.5. The van der Waals surface area contributed by atoms with Gasteiger partial charge in [0.05, 0.1) is 42.8 Å². The number of alkyl halides is 1. The Hall–Kier alpha value is -4.48. The summed E-state index contributed by atoms with van der Waals surface area (Å²) in [6.07, 6.45) is 0.490. The highest BCUT2D eigenvalue weighted by molar-refractivity contribution is 6.33. The summed E-state index contributed by atoms with van der Waals surface area (Å²) in [6, 6.07) is 9.92. The van der Waals surface area contributed by atoms with Crippen LogP contribution in [0.5, 0.6) is 0 Å². The lowest BCUT2D eigenvalue weighted by atomic mass is 9.97. The normalized spacial score (nSPS) is 18.0. The Morgan fingerprint density at radius 2 is 2.10 bits per heavy atom. The third-order valence-corrected chi connectivity index (χ3v) is 6.49. The molecule has 3 aromatic rings. The van der Waals surface area contributed by atoms with Gasteiger partial charge in [0, 0.05) is 23.6 Å². The number of rotatable bonds is 9. The van der Waals surface area contributed by atoms with E-state index in [1.807, 2.05) is 13.8 Å². The number of carbonyl (C=O) groups excluding carboxylic acids is 2. The van der Waals surface area contributed by atoms with E-state index < -0.39 is 36.0 Å². The number of nitrogens with two attached hydrogens (primary N) is 1. The second-order valence-electron chi connectivity index (χ2n) is 9.59. The highest BCUT2D eigenvalue weighted by atomic mass is 19.1. The van der Waals surface area contributed by atoms with Crippen LogP contribution in [-0.2, 0) is 9.59 Å². The first-order chi connectivity index (χ1) is 18.7. The van der Waals surface area contributed by atoms with Gasteiger partial charge in [-0.1, -0.05) is 43.3 Å². The van der Waals surface area contributed by atoms with E-state index in [4.69, 9.17) is 15.8 Å². The molecule has 1 fully saturated rings. The predicted molar refractivity (Wildman–Crippen MR) is 140 cm³/mol. The summed E-state index contributed by atoms with van der Waals surface area (Å²) >= 11 is 0. The molecule has 1 aliphatic heterocycles. The molecular formula is C27H29F2N7O3. The van der Waals surface area contributed by atoms with Crippen molar-refractivity contribution in [3.05, 3.63) is 71.4 Å². The topological polar surface area (TPSA) is 151 Å². The van der Waals surface area contributed by atoms with E-state index >= 15 is 0 Å². The number of hydrazone groups is 1. The van der Waals surface area contributed by atoms with Gasteiger partial charge in [-0.15, -0.1) is 0 Å². The number of carbonyl (C=O) groups is 2. The molecule has 0 saturated carbocycles. The molecule has 1 saturated heterocycles. The van der Waals surface area contributed by atoms with Crippen LogP contribution in [0.3, 0.4) is 0 Å². The predicted octanol–water partition coefficient (Wildman–Crippen LogP) is 3.50. The number of pyridine rings is 1. The van der Waals surface area contributed by atoms with Gasteiger partial charge >= 0.3 is 0 Å². The lowest BCUT2D eigenvalue weighted by Crippen LogP contribution is -2.47. The number of amides is 2. The Kier molecular flexibility index (Phi) is 8.43. The maximum absolute atomic E-state index is 14.9. The maximum atomic E-state index is 14.9. The number of benzene rings is 1. The molecule has 2 aromatic heterocycles.